The van der Waals surface area contributed by atoms with E-state index in [0.717, 1.165) is 17.8 Å². The lowest BCUT2D eigenvalue weighted by atomic mass is 9.06. The summed E-state index contributed by atoms with van der Waals surface area (Å²) in [7, 11) is 1.57. The van der Waals surface area contributed by atoms with Crippen molar-refractivity contribution in [3.8, 4) is 0 Å². The second-order valence-corrected chi connectivity index (χ2v) is 11.5. The lowest BCUT2D eigenvalue weighted by molar-refractivity contribution is -0.487. The summed E-state index contributed by atoms with van der Waals surface area (Å²) >= 11 is 8.64. The Morgan fingerprint density at radius 3 is 2.37 bits per heavy atom. The maximum absolute atomic E-state index is 12.2. The molecule has 4 unspecified atom stereocenters. The summed E-state index contributed by atoms with van der Waals surface area (Å²) in [5, 5.41) is 0. The minimum atomic E-state index is 0.00156. The fourth-order valence-corrected chi connectivity index (χ4v) is 13.1. The number of rotatable bonds is 1. The number of alkyl halides is 1. The van der Waals surface area contributed by atoms with Gasteiger partial charge in [0.05, 0.1) is 20.9 Å². The lowest BCUT2D eigenvalue weighted by Gasteiger charge is -3.00. The predicted octanol–water partition coefficient (Wildman–Crippen LogP) is 2.61. The summed E-state index contributed by atoms with van der Waals surface area (Å²) in [6.45, 7) is 0. The first kappa shape index (κ1) is 11.2. The van der Waals surface area contributed by atoms with Crippen LogP contribution >= 0.6 is 39.5 Å². The topological polar surface area (TPSA) is 26.3 Å². The molecule has 0 amide bonds. The van der Waals surface area contributed by atoms with Gasteiger partial charge in [-0.25, -0.2) is 0 Å². The third-order valence-electron chi connectivity index (χ3n) is 7.48. The first-order chi connectivity index (χ1) is 9.14. The first-order valence-corrected chi connectivity index (χ1v) is 9.96. The van der Waals surface area contributed by atoms with Crippen LogP contribution in [-0.4, -0.2) is 33.0 Å². The van der Waals surface area contributed by atoms with Crippen molar-refractivity contribution in [2.75, 3.05) is 18.6 Å². The maximum atomic E-state index is 12.2. The van der Waals surface area contributed by atoms with Crippen LogP contribution in [0, 0.1) is 40.9 Å². The largest absolute Gasteiger partial charge is 0.469 e. The molecule has 1 heterocycles. The average Bonchev–Trinajstić information content (AvgIpc) is 2.86. The number of carbonyl (C=O) groups is 1. The first-order valence-electron chi connectivity index (χ1n) is 7.20. The van der Waals surface area contributed by atoms with Gasteiger partial charge in [0.1, 0.15) is 0 Å². The monoisotopic (exact) mass is 358 g/mol. The number of carbonyl (C=O) groups excluding carboxylic acids is 1. The van der Waals surface area contributed by atoms with Crippen LogP contribution in [0.25, 0.3) is 0 Å². The number of ether oxygens (including phenoxy) is 1. The van der Waals surface area contributed by atoms with Gasteiger partial charge in [0.25, 0.3) is 0 Å². The molecule has 0 aromatic heterocycles. The number of esters is 1. The molecule has 19 heavy (non-hydrogen) atoms. The molecule has 6 aliphatic carbocycles. The van der Waals surface area contributed by atoms with E-state index in [0.29, 0.717) is 26.2 Å². The van der Waals surface area contributed by atoms with Gasteiger partial charge < -0.3 is 4.74 Å². The van der Waals surface area contributed by atoms with Crippen molar-refractivity contribution in [1.82, 2.24) is 0 Å². The fourth-order valence-electron chi connectivity index (χ4n) is 7.39. The van der Waals surface area contributed by atoms with Crippen molar-refractivity contribution in [2.24, 2.45) is 40.9 Å². The fraction of sp³-hybridized carbons (Fsp3) is 0.929. The zero-order valence-electron chi connectivity index (χ0n) is 10.6. The van der Waals surface area contributed by atoms with Crippen LogP contribution < -0.4 is 0 Å². The quantitative estimate of drug-likeness (QED) is 0.531. The molecule has 7 fully saturated rings. The van der Waals surface area contributed by atoms with Gasteiger partial charge >= 0.3 is 5.97 Å². The van der Waals surface area contributed by atoms with Gasteiger partial charge in [-0.05, 0) is 41.9 Å². The Labute approximate surface area is 129 Å². The van der Waals surface area contributed by atoms with Crippen molar-refractivity contribution >= 4 is 45.4 Å². The molecule has 0 N–H and O–H groups in total. The molecule has 0 aromatic carbocycles. The van der Waals surface area contributed by atoms with Crippen LogP contribution in [0.3, 0.4) is 0 Å². The Morgan fingerprint density at radius 1 is 1.16 bits per heavy atom. The van der Waals surface area contributed by atoms with Gasteiger partial charge in [-0.2, -0.15) is 0 Å². The Hall–Kier alpha value is 0.650. The zero-order valence-corrected chi connectivity index (χ0v) is 13.8. The number of hydrogen-bond acceptors (Lipinski definition) is 4. The lowest BCUT2D eigenvalue weighted by Crippen LogP contribution is -3.04. The Bertz CT molecular complexity index is 524. The standard InChI is InChI=1S/C14H15BrO2S2/c1-17-11(16)13-6-5-4-12(18-2-3-19-12)14(15)9(6)8(13)10(14)7(5)13/h5-10H,2-4H2,1H3/t5?,6-,7+,8?,9-,10-,13?,14?/m0/s1. The highest BCUT2D eigenvalue weighted by atomic mass is 79.9. The Balaban J connectivity index is 1.47. The molecule has 2 nitrogen and oxygen atoms in total. The number of halogens is 1. The SMILES string of the molecule is COC(=O)C12C3[C@@H]4[C@H]1C1CC5(SCCS5)C4(Br)[C@H]3[C@H]12. The molecule has 1 aliphatic heterocycles. The van der Waals surface area contributed by atoms with Gasteiger partial charge in [0.15, 0.2) is 0 Å². The molecular formula is C14H15BrO2S2. The van der Waals surface area contributed by atoms with E-state index in [9.17, 15) is 4.79 Å². The highest BCUT2D eigenvalue weighted by molar-refractivity contribution is 9.10. The van der Waals surface area contributed by atoms with Gasteiger partial charge in [0.2, 0.25) is 0 Å². The third-order valence-corrected chi connectivity index (χ3v) is 13.5. The second kappa shape index (κ2) is 2.79. The molecule has 7 aliphatic rings. The molecule has 1 spiro atoms. The Morgan fingerprint density at radius 2 is 1.79 bits per heavy atom. The van der Waals surface area contributed by atoms with Crippen molar-refractivity contribution < 1.29 is 9.53 Å². The number of methoxy groups -OCH3 is 1. The summed E-state index contributed by atoms with van der Waals surface area (Å²) in [5.41, 5.74) is 0.00156. The summed E-state index contributed by atoms with van der Waals surface area (Å²) in [4.78, 5) is 12.2. The Kier molecular flexibility index (Phi) is 1.65. The molecule has 0 aromatic rings. The van der Waals surface area contributed by atoms with E-state index in [-0.39, 0.29) is 11.4 Å². The normalized spacial score (nSPS) is 67.5. The van der Waals surface area contributed by atoms with Crippen LogP contribution in [0.15, 0.2) is 0 Å². The van der Waals surface area contributed by atoms with E-state index in [1.54, 1.807) is 7.11 Å². The predicted molar refractivity (Wildman–Crippen MR) is 79.3 cm³/mol. The van der Waals surface area contributed by atoms with Gasteiger partial charge in [-0.1, -0.05) is 15.9 Å². The van der Waals surface area contributed by atoms with Crippen molar-refractivity contribution in [1.29, 1.82) is 0 Å². The van der Waals surface area contributed by atoms with Crippen LogP contribution in [0.2, 0.25) is 0 Å². The smallest absolute Gasteiger partial charge is 0.312 e. The molecule has 2 bridgehead atoms. The molecular weight excluding hydrogens is 344 g/mol. The highest BCUT2D eigenvalue weighted by Crippen LogP contribution is 3.02. The van der Waals surface area contributed by atoms with Crippen LogP contribution in [0.4, 0.5) is 0 Å². The van der Waals surface area contributed by atoms with E-state index < -0.39 is 0 Å². The summed E-state index contributed by atoms with van der Waals surface area (Å²) in [6, 6.07) is 0. The van der Waals surface area contributed by atoms with Gasteiger partial charge in [-0.15, -0.1) is 23.5 Å². The number of hydrogen-bond donors (Lipinski definition) is 0. The average molecular weight is 359 g/mol. The van der Waals surface area contributed by atoms with E-state index in [1.165, 1.54) is 17.9 Å². The van der Waals surface area contributed by atoms with Crippen molar-refractivity contribution in [3.63, 3.8) is 0 Å². The molecule has 5 heteroatoms. The molecule has 1 saturated heterocycles. The zero-order chi connectivity index (χ0) is 12.8. The maximum Gasteiger partial charge on any atom is 0.312 e. The van der Waals surface area contributed by atoms with E-state index in [2.05, 4.69) is 39.5 Å². The summed E-state index contributed by atoms with van der Waals surface area (Å²) in [5.74, 6) is 7.11. The third kappa shape index (κ3) is 0.705. The van der Waals surface area contributed by atoms with Crippen LogP contribution in [-0.2, 0) is 9.53 Å². The van der Waals surface area contributed by atoms with Crippen LogP contribution in [0.5, 0.6) is 0 Å². The van der Waals surface area contributed by atoms with Gasteiger partial charge in [-0.3, -0.25) is 4.79 Å². The molecule has 6 saturated carbocycles. The van der Waals surface area contributed by atoms with Crippen molar-refractivity contribution in [2.45, 2.75) is 14.8 Å². The minimum absolute atomic E-state index is 0.00156. The number of thioether (sulfide) groups is 2. The second-order valence-electron chi connectivity index (χ2n) is 7.14. The minimum Gasteiger partial charge on any atom is -0.469 e. The van der Waals surface area contributed by atoms with Gasteiger partial charge in [0, 0.05) is 11.5 Å². The van der Waals surface area contributed by atoms with E-state index in [4.69, 9.17) is 4.74 Å². The molecule has 0 radical (unpaired) electrons. The molecule has 8 atom stereocenters. The molecule has 102 valence electrons. The highest BCUT2D eigenvalue weighted by Gasteiger charge is 3.04. The summed E-state index contributed by atoms with van der Waals surface area (Å²) < 4.78 is 5.94. The van der Waals surface area contributed by atoms with Crippen LogP contribution in [0.1, 0.15) is 6.42 Å². The van der Waals surface area contributed by atoms with E-state index in [1.807, 2.05) is 0 Å². The molecule has 7 rings (SSSR count). The van der Waals surface area contributed by atoms with Crippen molar-refractivity contribution in [3.05, 3.63) is 0 Å². The summed E-state index contributed by atoms with van der Waals surface area (Å²) in [6.07, 6.45) is 1.33. The van der Waals surface area contributed by atoms with E-state index >= 15 is 0 Å².